The normalized spacial score (nSPS) is 11.6. The first-order valence-electron chi connectivity index (χ1n) is 5.02. The van der Waals surface area contributed by atoms with E-state index < -0.39 is 35.8 Å². The Hall–Kier alpha value is -1.97. The maximum Gasteiger partial charge on any atom is 0.433 e. The lowest BCUT2D eigenvalue weighted by atomic mass is 10.2. The SMILES string of the molecule is CON(C)C(=O)c1ccc(C(F)(F)F)nc1OC(F)F. The van der Waals surface area contributed by atoms with Crippen molar-refractivity contribution in [2.75, 3.05) is 14.2 Å². The molecule has 0 aliphatic rings. The van der Waals surface area contributed by atoms with Crippen LogP contribution in [0.15, 0.2) is 12.1 Å². The smallest absolute Gasteiger partial charge is 0.416 e. The lowest BCUT2D eigenvalue weighted by Crippen LogP contribution is -2.27. The largest absolute Gasteiger partial charge is 0.433 e. The fraction of sp³-hybridized carbons (Fsp3) is 0.400. The Bertz CT molecular complexity index is 492. The van der Waals surface area contributed by atoms with E-state index in [0.29, 0.717) is 17.2 Å². The minimum Gasteiger partial charge on any atom is -0.416 e. The average molecular weight is 300 g/mol. The monoisotopic (exact) mass is 300 g/mol. The molecular formula is C10H9F5N2O3. The summed E-state index contributed by atoms with van der Waals surface area (Å²) in [6, 6.07) is 1.17. The van der Waals surface area contributed by atoms with Crippen molar-refractivity contribution in [3.05, 3.63) is 23.4 Å². The number of hydroxylamine groups is 2. The number of hydrogen-bond acceptors (Lipinski definition) is 4. The summed E-state index contributed by atoms with van der Waals surface area (Å²) in [5.41, 5.74) is -2.03. The Morgan fingerprint density at radius 1 is 1.35 bits per heavy atom. The fourth-order valence-electron chi connectivity index (χ4n) is 1.19. The second-order valence-electron chi connectivity index (χ2n) is 3.41. The molecule has 0 aliphatic heterocycles. The van der Waals surface area contributed by atoms with Crippen LogP contribution in [0, 0.1) is 0 Å². The first-order chi connectivity index (χ1) is 9.16. The van der Waals surface area contributed by atoms with Gasteiger partial charge >= 0.3 is 12.8 Å². The minimum atomic E-state index is -4.85. The van der Waals surface area contributed by atoms with Crippen LogP contribution in [-0.4, -0.2) is 36.7 Å². The van der Waals surface area contributed by atoms with Gasteiger partial charge in [0.2, 0.25) is 5.88 Å². The number of carbonyl (C=O) groups excluding carboxylic acids is 1. The first kappa shape index (κ1) is 16.1. The van der Waals surface area contributed by atoms with E-state index in [1.165, 1.54) is 0 Å². The number of pyridine rings is 1. The van der Waals surface area contributed by atoms with Gasteiger partial charge in [-0.3, -0.25) is 9.63 Å². The number of hydrogen-bond donors (Lipinski definition) is 0. The van der Waals surface area contributed by atoms with Gasteiger partial charge in [-0.05, 0) is 12.1 Å². The van der Waals surface area contributed by atoms with Crippen LogP contribution in [0.2, 0.25) is 0 Å². The van der Waals surface area contributed by atoms with Crippen LogP contribution in [0.4, 0.5) is 22.0 Å². The summed E-state index contributed by atoms with van der Waals surface area (Å²) < 4.78 is 65.5. The van der Waals surface area contributed by atoms with E-state index in [9.17, 15) is 26.7 Å². The van der Waals surface area contributed by atoms with Crippen LogP contribution in [0.25, 0.3) is 0 Å². The standard InChI is InChI=1S/C10H9F5N2O3/c1-17(19-2)8(18)5-3-4-6(10(13,14)15)16-7(5)20-9(11)12/h3-4,9H,1-2H3. The fourth-order valence-corrected chi connectivity index (χ4v) is 1.19. The Kier molecular flexibility index (Phi) is 4.82. The van der Waals surface area contributed by atoms with Crippen LogP contribution in [0.5, 0.6) is 5.88 Å². The number of ether oxygens (including phenoxy) is 1. The van der Waals surface area contributed by atoms with Gasteiger partial charge in [-0.25, -0.2) is 10.0 Å². The maximum atomic E-state index is 12.4. The molecule has 0 fully saturated rings. The molecule has 0 saturated heterocycles. The zero-order valence-electron chi connectivity index (χ0n) is 10.2. The summed E-state index contributed by atoms with van der Waals surface area (Å²) in [4.78, 5) is 19.1. The molecule has 1 aromatic rings. The molecular weight excluding hydrogens is 291 g/mol. The Morgan fingerprint density at radius 3 is 2.40 bits per heavy atom. The number of carbonyl (C=O) groups is 1. The van der Waals surface area contributed by atoms with E-state index in [1.807, 2.05) is 0 Å². The van der Waals surface area contributed by atoms with Crippen molar-refractivity contribution in [3.8, 4) is 5.88 Å². The second kappa shape index (κ2) is 5.99. The molecule has 20 heavy (non-hydrogen) atoms. The summed E-state index contributed by atoms with van der Waals surface area (Å²) >= 11 is 0. The number of alkyl halides is 5. The molecule has 0 unspecified atom stereocenters. The van der Waals surface area contributed by atoms with E-state index in [1.54, 1.807) is 0 Å². The van der Waals surface area contributed by atoms with E-state index >= 15 is 0 Å². The van der Waals surface area contributed by atoms with Crippen LogP contribution >= 0.6 is 0 Å². The van der Waals surface area contributed by atoms with Gasteiger partial charge in [-0.2, -0.15) is 22.0 Å². The van der Waals surface area contributed by atoms with Gasteiger partial charge in [0.15, 0.2) is 0 Å². The molecule has 1 aromatic heterocycles. The van der Waals surface area contributed by atoms with Crippen LogP contribution in [-0.2, 0) is 11.0 Å². The Labute approximate surface area is 109 Å². The molecule has 0 saturated carbocycles. The molecule has 5 nitrogen and oxygen atoms in total. The summed E-state index contributed by atoms with van der Waals surface area (Å²) in [5, 5.41) is 0.628. The molecule has 0 aromatic carbocycles. The molecule has 0 N–H and O–H groups in total. The third-order valence-corrected chi connectivity index (χ3v) is 2.14. The van der Waals surface area contributed by atoms with Crippen molar-refractivity contribution in [3.63, 3.8) is 0 Å². The van der Waals surface area contributed by atoms with Crippen molar-refractivity contribution in [2.45, 2.75) is 12.8 Å². The van der Waals surface area contributed by atoms with Gasteiger partial charge in [-0.15, -0.1) is 0 Å². The van der Waals surface area contributed by atoms with E-state index in [2.05, 4.69) is 14.6 Å². The highest BCUT2D eigenvalue weighted by atomic mass is 19.4. The molecule has 0 atom stereocenters. The van der Waals surface area contributed by atoms with E-state index in [4.69, 9.17) is 0 Å². The predicted molar refractivity (Wildman–Crippen MR) is 55.0 cm³/mol. The highest BCUT2D eigenvalue weighted by Gasteiger charge is 2.34. The Balaban J connectivity index is 3.27. The minimum absolute atomic E-state index is 0.481. The molecule has 1 amide bonds. The molecule has 0 radical (unpaired) electrons. The van der Waals surface area contributed by atoms with Crippen molar-refractivity contribution >= 4 is 5.91 Å². The highest BCUT2D eigenvalue weighted by Crippen LogP contribution is 2.31. The molecule has 0 aliphatic carbocycles. The molecule has 0 bridgehead atoms. The van der Waals surface area contributed by atoms with Crippen LogP contribution in [0.1, 0.15) is 16.1 Å². The lowest BCUT2D eigenvalue weighted by Gasteiger charge is -2.16. The average Bonchev–Trinajstić information content (AvgIpc) is 2.35. The van der Waals surface area contributed by atoms with Gasteiger partial charge in [-0.1, -0.05) is 0 Å². The topological polar surface area (TPSA) is 51.7 Å². The van der Waals surface area contributed by atoms with Crippen LogP contribution < -0.4 is 4.74 Å². The van der Waals surface area contributed by atoms with E-state index in [-0.39, 0.29) is 0 Å². The van der Waals surface area contributed by atoms with Crippen molar-refractivity contribution < 1.29 is 36.3 Å². The second-order valence-corrected chi connectivity index (χ2v) is 3.41. The lowest BCUT2D eigenvalue weighted by molar-refractivity contribution is -0.142. The summed E-state index contributed by atoms with van der Waals surface area (Å²) in [5.74, 6) is -2.10. The number of nitrogens with zero attached hydrogens (tertiary/aromatic N) is 2. The van der Waals surface area contributed by atoms with Crippen molar-refractivity contribution in [2.24, 2.45) is 0 Å². The first-order valence-corrected chi connectivity index (χ1v) is 5.02. The molecule has 0 spiro atoms. The third kappa shape index (κ3) is 3.76. The molecule has 1 heterocycles. The summed E-state index contributed by atoms with van der Waals surface area (Å²) in [6.07, 6.45) is -4.85. The maximum absolute atomic E-state index is 12.4. The third-order valence-electron chi connectivity index (χ3n) is 2.14. The molecule has 112 valence electrons. The molecule has 1 rings (SSSR count). The Morgan fingerprint density at radius 2 is 1.95 bits per heavy atom. The zero-order valence-corrected chi connectivity index (χ0v) is 10.2. The van der Waals surface area contributed by atoms with Gasteiger partial charge in [0.1, 0.15) is 11.3 Å². The van der Waals surface area contributed by atoms with Gasteiger partial charge in [0.05, 0.1) is 7.11 Å². The number of amides is 1. The van der Waals surface area contributed by atoms with Gasteiger partial charge < -0.3 is 4.74 Å². The van der Waals surface area contributed by atoms with Crippen molar-refractivity contribution in [1.29, 1.82) is 0 Å². The number of halogens is 5. The summed E-state index contributed by atoms with van der Waals surface area (Å²) in [6.45, 7) is -3.43. The predicted octanol–water partition coefficient (Wildman–Crippen LogP) is 2.34. The zero-order chi connectivity index (χ0) is 15.5. The van der Waals surface area contributed by atoms with Crippen molar-refractivity contribution in [1.82, 2.24) is 10.0 Å². The number of aromatic nitrogens is 1. The van der Waals surface area contributed by atoms with Gasteiger partial charge in [0.25, 0.3) is 5.91 Å². The quantitative estimate of drug-likeness (QED) is 0.632. The van der Waals surface area contributed by atoms with Crippen LogP contribution in [0.3, 0.4) is 0 Å². The van der Waals surface area contributed by atoms with Gasteiger partial charge in [0, 0.05) is 7.05 Å². The van der Waals surface area contributed by atoms with E-state index in [0.717, 1.165) is 14.2 Å². The number of rotatable bonds is 4. The molecule has 10 heteroatoms. The highest BCUT2D eigenvalue weighted by molar-refractivity contribution is 5.95. The summed E-state index contributed by atoms with van der Waals surface area (Å²) in [7, 11) is 2.26.